The maximum absolute atomic E-state index is 5.27. The van der Waals surface area contributed by atoms with Crippen molar-refractivity contribution in [1.82, 2.24) is 0 Å². The largest absolute Gasteiger partial charge is 0.382 e. The fraction of sp³-hybridized carbons (Fsp3) is 1.00. The summed E-state index contributed by atoms with van der Waals surface area (Å²) in [4.78, 5) is 0. The van der Waals surface area contributed by atoms with Crippen LogP contribution in [0, 0.1) is 5.92 Å². The van der Waals surface area contributed by atoms with Gasteiger partial charge >= 0.3 is 0 Å². The minimum atomic E-state index is 0.594. The van der Waals surface area contributed by atoms with E-state index in [1.54, 1.807) is 7.11 Å². The van der Waals surface area contributed by atoms with Crippen LogP contribution in [0.2, 0.25) is 0 Å². The van der Waals surface area contributed by atoms with Gasteiger partial charge in [-0.3, -0.25) is 0 Å². The predicted octanol–water partition coefficient (Wildman–Crippen LogP) is 1.68. The van der Waals surface area contributed by atoms with Gasteiger partial charge in [-0.05, 0) is 5.92 Å². The van der Waals surface area contributed by atoms with Crippen molar-refractivity contribution < 1.29 is 9.47 Å². The molecule has 0 radical (unpaired) electrons. The van der Waals surface area contributed by atoms with E-state index in [1.165, 1.54) is 0 Å². The molecule has 0 rings (SSSR count). The molecule has 62 valence electrons. The molecule has 10 heavy (non-hydrogen) atoms. The lowest BCUT2D eigenvalue weighted by atomic mass is 10.2. The number of ether oxygens (including phenoxy) is 2. The van der Waals surface area contributed by atoms with E-state index in [-0.39, 0.29) is 0 Å². The second-order valence-electron chi connectivity index (χ2n) is 2.33. The quantitative estimate of drug-likeness (QED) is 0.491. The van der Waals surface area contributed by atoms with Crippen LogP contribution >= 0.6 is 15.9 Å². The van der Waals surface area contributed by atoms with Crippen LogP contribution in [0.3, 0.4) is 0 Å². The Kier molecular flexibility index (Phi) is 7.81. The third-order valence-corrected chi connectivity index (χ3v) is 2.20. The van der Waals surface area contributed by atoms with E-state index in [0.29, 0.717) is 19.1 Å². The van der Waals surface area contributed by atoms with Gasteiger partial charge in [0.1, 0.15) is 0 Å². The lowest BCUT2D eigenvalue weighted by Gasteiger charge is -2.07. The highest BCUT2D eigenvalue weighted by Crippen LogP contribution is 1.99. The van der Waals surface area contributed by atoms with Crippen LogP contribution in [0.25, 0.3) is 0 Å². The van der Waals surface area contributed by atoms with Crippen LogP contribution in [0.4, 0.5) is 0 Å². The molecule has 0 N–H and O–H groups in total. The molecule has 0 fully saturated rings. The first-order valence-corrected chi connectivity index (χ1v) is 4.56. The molecule has 0 bridgehead atoms. The van der Waals surface area contributed by atoms with E-state index in [0.717, 1.165) is 11.9 Å². The highest BCUT2D eigenvalue weighted by atomic mass is 79.9. The minimum absolute atomic E-state index is 0.594. The SMILES string of the molecule is COCCOCC(C)CBr. The third-order valence-electron chi connectivity index (χ3n) is 1.10. The summed E-state index contributed by atoms with van der Waals surface area (Å²) >= 11 is 3.37. The molecular formula is C7H15BrO2. The van der Waals surface area contributed by atoms with E-state index in [1.807, 2.05) is 0 Å². The fourth-order valence-corrected chi connectivity index (χ4v) is 0.658. The van der Waals surface area contributed by atoms with Gasteiger partial charge in [-0.25, -0.2) is 0 Å². The van der Waals surface area contributed by atoms with Crippen molar-refractivity contribution in [2.75, 3.05) is 32.3 Å². The first kappa shape index (κ1) is 10.4. The number of hydrogen-bond donors (Lipinski definition) is 0. The average Bonchev–Trinajstić information content (AvgIpc) is 1.98. The molecule has 1 atom stereocenters. The molecule has 0 aliphatic rings. The number of alkyl halides is 1. The van der Waals surface area contributed by atoms with Crippen molar-refractivity contribution in [3.05, 3.63) is 0 Å². The summed E-state index contributed by atoms with van der Waals surface area (Å²) < 4.78 is 10.1. The van der Waals surface area contributed by atoms with E-state index < -0.39 is 0 Å². The van der Waals surface area contributed by atoms with E-state index >= 15 is 0 Å². The summed E-state index contributed by atoms with van der Waals surface area (Å²) in [6, 6.07) is 0. The molecule has 0 aromatic carbocycles. The zero-order valence-electron chi connectivity index (χ0n) is 6.60. The van der Waals surface area contributed by atoms with Gasteiger partial charge in [0.15, 0.2) is 0 Å². The summed E-state index contributed by atoms with van der Waals surface area (Å²) in [5.41, 5.74) is 0. The summed E-state index contributed by atoms with van der Waals surface area (Å²) in [7, 11) is 1.68. The highest BCUT2D eigenvalue weighted by molar-refractivity contribution is 9.09. The first-order chi connectivity index (χ1) is 4.81. The Bertz CT molecular complexity index is 68.6. The van der Waals surface area contributed by atoms with Crippen LogP contribution in [0.5, 0.6) is 0 Å². The minimum Gasteiger partial charge on any atom is -0.382 e. The zero-order valence-corrected chi connectivity index (χ0v) is 8.19. The number of rotatable bonds is 6. The van der Waals surface area contributed by atoms with Crippen LogP contribution in [-0.4, -0.2) is 32.3 Å². The number of methoxy groups -OCH3 is 1. The summed E-state index contributed by atoms with van der Waals surface area (Å²) in [6.45, 7) is 4.35. The summed E-state index contributed by atoms with van der Waals surface area (Å²) in [5.74, 6) is 0.594. The van der Waals surface area contributed by atoms with E-state index in [4.69, 9.17) is 9.47 Å². The number of hydrogen-bond acceptors (Lipinski definition) is 2. The Morgan fingerprint density at radius 1 is 1.40 bits per heavy atom. The molecule has 0 heterocycles. The predicted molar refractivity (Wildman–Crippen MR) is 45.7 cm³/mol. The topological polar surface area (TPSA) is 18.5 Å². The maximum Gasteiger partial charge on any atom is 0.0700 e. The third kappa shape index (κ3) is 6.52. The molecule has 0 aromatic rings. The van der Waals surface area contributed by atoms with Crippen molar-refractivity contribution in [2.24, 2.45) is 5.92 Å². The van der Waals surface area contributed by atoms with Gasteiger partial charge in [-0.15, -0.1) is 0 Å². The number of halogens is 1. The van der Waals surface area contributed by atoms with Gasteiger partial charge in [0, 0.05) is 12.4 Å². The maximum atomic E-state index is 5.27. The van der Waals surface area contributed by atoms with Crippen LogP contribution in [0.1, 0.15) is 6.92 Å². The molecule has 3 heteroatoms. The van der Waals surface area contributed by atoms with E-state index in [9.17, 15) is 0 Å². The Balaban J connectivity index is 2.89. The standard InChI is InChI=1S/C7H15BrO2/c1-7(5-8)6-10-4-3-9-2/h7H,3-6H2,1-2H3. The molecule has 0 aliphatic heterocycles. The molecule has 0 saturated heterocycles. The Labute approximate surface area is 71.0 Å². The highest BCUT2D eigenvalue weighted by Gasteiger charge is 1.97. The Morgan fingerprint density at radius 2 is 2.10 bits per heavy atom. The van der Waals surface area contributed by atoms with Crippen molar-refractivity contribution >= 4 is 15.9 Å². The monoisotopic (exact) mass is 210 g/mol. The lowest BCUT2D eigenvalue weighted by Crippen LogP contribution is -2.10. The van der Waals surface area contributed by atoms with Crippen molar-refractivity contribution in [3.8, 4) is 0 Å². The van der Waals surface area contributed by atoms with Gasteiger partial charge < -0.3 is 9.47 Å². The zero-order chi connectivity index (χ0) is 7.82. The molecule has 0 spiro atoms. The Hall–Kier alpha value is 0.400. The summed E-state index contributed by atoms with van der Waals surface area (Å²) in [6.07, 6.45) is 0. The van der Waals surface area contributed by atoms with Crippen LogP contribution < -0.4 is 0 Å². The second-order valence-corrected chi connectivity index (χ2v) is 2.97. The van der Waals surface area contributed by atoms with Crippen molar-refractivity contribution in [3.63, 3.8) is 0 Å². The van der Waals surface area contributed by atoms with Crippen LogP contribution in [0.15, 0.2) is 0 Å². The molecular weight excluding hydrogens is 196 g/mol. The van der Waals surface area contributed by atoms with E-state index in [2.05, 4.69) is 22.9 Å². The van der Waals surface area contributed by atoms with Crippen LogP contribution in [-0.2, 0) is 9.47 Å². The fourth-order valence-electron chi connectivity index (χ4n) is 0.471. The molecule has 0 saturated carbocycles. The lowest BCUT2D eigenvalue weighted by molar-refractivity contribution is 0.0581. The molecule has 0 aliphatic carbocycles. The molecule has 0 aromatic heterocycles. The average molecular weight is 211 g/mol. The molecule has 2 nitrogen and oxygen atoms in total. The van der Waals surface area contributed by atoms with Gasteiger partial charge in [-0.2, -0.15) is 0 Å². The Morgan fingerprint density at radius 3 is 2.60 bits per heavy atom. The van der Waals surface area contributed by atoms with Gasteiger partial charge in [0.25, 0.3) is 0 Å². The van der Waals surface area contributed by atoms with Gasteiger partial charge in [0.05, 0.1) is 19.8 Å². The molecule has 0 amide bonds. The van der Waals surface area contributed by atoms with Crippen molar-refractivity contribution in [1.29, 1.82) is 0 Å². The van der Waals surface area contributed by atoms with Crippen molar-refractivity contribution in [2.45, 2.75) is 6.92 Å². The second kappa shape index (κ2) is 7.51. The van der Waals surface area contributed by atoms with Gasteiger partial charge in [0.2, 0.25) is 0 Å². The normalized spacial score (nSPS) is 13.5. The van der Waals surface area contributed by atoms with Gasteiger partial charge in [-0.1, -0.05) is 22.9 Å². The summed E-state index contributed by atoms with van der Waals surface area (Å²) in [5, 5.41) is 1.000. The molecule has 1 unspecified atom stereocenters. The smallest absolute Gasteiger partial charge is 0.0700 e. The first-order valence-electron chi connectivity index (χ1n) is 3.44.